The third kappa shape index (κ3) is 4.76. The van der Waals surface area contributed by atoms with E-state index in [1.165, 1.54) is 37.0 Å². The molecule has 0 N–H and O–H groups in total. The smallest absolute Gasteiger partial charge is 0.338 e. The van der Waals surface area contributed by atoms with Crippen LogP contribution in [0.3, 0.4) is 0 Å². The highest BCUT2D eigenvalue weighted by Gasteiger charge is 2.41. The molecule has 3 rings (SSSR count). The molecule has 140 valence electrons. The van der Waals surface area contributed by atoms with Crippen LogP contribution in [0.5, 0.6) is 5.75 Å². The normalized spacial score (nSPS) is 31.4. The molecular weight excluding hydrogens is 382 g/mol. The van der Waals surface area contributed by atoms with Gasteiger partial charge in [0, 0.05) is 5.92 Å². The van der Waals surface area contributed by atoms with Gasteiger partial charge in [-0.25, -0.2) is 4.79 Å². The van der Waals surface area contributed by atoms with Gasteiger partial charge in [0.15, 0.2) is 0 Å². The van der Waals surface area contributed by atoms with Crippen LogP contribution >= 0.6 is 0 Å². The Morgan fingerprint density at radius 1 is 1.16 bits per heavy atom. The molecule has 5 heteroatoms. The topological polar surface area (TPSA) is 35.5 Å². The van der Waals surface area contributed by atoms with Gasteiger partial charge in [0.25, 0.3) is 0 Å². The van der Waals surface area contributed by atoms with Gasteiger partial charge in [-0.1, -0.05) is 0 Å². The Labute approximate surface area is 161 Å². The Bertz CT molecular complexity index is 577. The first-order chi connectivity index (χ1) is 11.5. The number of piperidine rings is 1. The van der Waals surface area contributed by atoms with Gasteiger partial charge < -0.3 is 30.9 Å². The Hall–Kier alpha value is -1.07. The van der Waals surface area contributed by atoms with E-state index in [0.717, 1.165) is 24.5 Å². The number of carbonyl (C=O) groups excluding carboxylic acids is 1. The maximum Gasteiger partial charge on any atom is 0.338 e. The van der Waals surface area contributed by atoms with E-state index in [0.29, 0.717) is 11.5 Å². The van der Waals surface area contributed by atoms with E-state index < -0.39 is 0 Å². The van der Waals surface area contributed by atoms with E-state index in [1.54, 1.807) is 31.4 Å². The maximum absolute atomic E-state index is 12.4. The van der Waals surface area contributed by atoms with E-state index in [9.17, 15) is 4.79 Å². The van der Waals surface area contributed by atoms with Gasteiger partial charge in [-0.2, -0.15) is 0 Å². The maximum atomic E-state index is 12.4. The molecule has 0 amide bonds. The molecule has 1 aromatic carbocycles. The van der Waals surface area contributed by atoms with Crippen LogP contribution in [0.4, 0.5) is 0 Å². The minimum absolute atomic E-state index is 0. The van der Waals surface area contributed by atoms with Gasteiger partial charge in [0.05, 0.1) is 39.4 Å². The van der Waals surface area contributed by atoms with Gasteiger partial charge in [0.2, 0.25) is 0 Å². The average Bonchev–Trinajstić information content (AvgIpc) is 2.61. The summed E-state index contributed by atoms with van der Waals surface area (Å²) in [4.78, 5) is 12.4. The lowest BCUT2D eigenvalue weighted by Crippen LogP contribution is -3.00. The van der Waals surface area contributed by atoms with Gasteiger partial charge in [-0.15, -0.1) is 0 Å². The molecule has 0 bridgehead atoms. The largest absolute Gasteiger partial charge is 1.00 e. The molecule has 0 spiro atoms. The summed E-state index contributed by atoms with van der Waals surface area (Å²) in [5.74, 6) is 2.08. The fourth-order valence-electron chi connectivity index (χ4n) is 4.36. The van der Waals surface area contributed by atoms with Crippen molar-refractivity contribution in [2.24, 2.45) is 11.8 Å². The number of ether oxygens (including phenoxy) is 2. The monoisotopic (exact) mass is 411 g/mol. The fourth-order valence-corrected chi connectivity index (χ4v) is 4.36. The number of esters is 1. The summed E-state index contributed by atoms with van der Waals surface area (Å²) in [6, 6.07) is 7.16. The fraction of sp³-hybridized carbons (Fsp3) is 0.650. The Morgan fingerprint density at radius 2 is 1.88 bits per heavy atom. The second-order valence-electron chi connectivity index (χ2n) is 7.72. The number of rotatable bonds is 4. The van der Waals surface area contributed by atoms with Crippen molar-refractivity contribution in [3.05, 3.63) is 29.8 Å². The molecule has 1 heterocycles. The number of likely N-dealkylation sites (tertiary alicyclic amines) is 1. The Balaban J connectivity index is 0.00000225. The van der Waals surface area contributed by atoms with Crippen molar-refractivity contribution in [2.45, 2.75) is 38.7 Å². The van der Waals surface area contributed by atoms with Gasteiger partial charge in [-0.05, 0) is 62.8 Å². The Morgan fingerprint density at radius 3 is 2.52 bits per heavy atom. The first kappa shape index (κ1) is 20.2. The molecule has 1 aliphatic heterocycles. The molecule has 1 saturated carbocycles. The molecule has 2 aliphatic rings. The predicted octanol–water partition coefficient (Wildman–Crippen LogP) is 0.511. The molecule has 1 unspecified atom stereocenters. The van der Waals surface area contributed by atoms with Crippen LogP contribution < -0.4 is 21.7 Å². The zero-order valence-electron chi connectivity index (χ0n) is 15.5. The van der Waals surface area contributed by atoms with E-state index >= 15 is 0 Å². The summed E-state index contributed by atoms with van der Waals surface area (Å²) < 4.78 is 12.1. The van der Waals surface area contributed by atoms with Crippen molar-refractivity contribution in [1.29, 1.82) is 0 Å². The molecule has 25 heavy (non-hydrogen) atoms. The first-order valence-electron chi connectivity index (χ1n) is 9.21. The molecule has 0 aromatic heterocycles. The second-order valence-corrected chi connectivity index (χ2v) is 7.72. The summed E-state index contributed by atoms with van der Waals surface area (Å²) >= 11 is 0. The van der Waals surface area contributed by atoms with Crippen LogP contribution in [-0.4, -0.2) is 50.3 Å². The van der Waals surface area contributed by atoms with Crippen LogP contribution in [0, 0.1) is 11.8 Å². The van der Waals surface area contributed by atoms with E-state index in [-0.39, 0.29) is 29.1 Å². The number of fused-ring (bicyclic) bond motifs is 1. The lowest BCUT2D eigenvalue weighted by Gasteiger charge is -2.47. The number of nitrogens with zero attached hydrogens (tertiary/aromatic N) is 1. The molecule has 1 saturated heterocycles. The highest BCUT2D eigenvalue weighted by atomic mass is 79.9. The van der Waals surface area contributed by atoms with Crippen LogP contribution in [0.1, 0.15) is 43.0 Å². The summed E-state index contributed by atoms with van der Waals surface area (Å²) in [5, 5.41) is 0. The number of benzene rings is 1. The summed E-state index contributed by atoms with van der Waals surface area (Å²) in [7, 11) is 3.99. The second kappa shape index (κ2) is 8.54. The Kier molecular flexibility index (Phi) is 6.92. The highest BCUT2D eigenvalue weighted by Crippen LogP contribution is 2.39. The summed E-state index contributed by atoms with van der Waals surface area (Å²) in [5.41, 5.74) is 0.607. The third-order valence-corrected chi connectivity index (χ3v) is 6.17. The van der Waals surface area contributed by atoms with Gasteiger partial charge >= 0.3 is 5.97 Å². The zero-order valence-corrected chi connectivity index (χ0v) is 17.1. The van der Waals surface area contributed by atoms with E-state index in [1.807, 2.05) is 0 Å². The highest BCUT2D eigenvalue weighted by molar-refractivity contribution is 5.89. The van der Waals surface area contributed by atoms with Crippen molar-refractivity contribution in [3.8, 4) is 5.75 Å². The molecule has 4 nitrogen and oxygen atoms in total. The molecule has 4 atom stereocenters. The van der Waals surface area contributed by atoms with Crippen molar-refractivity contribution in [2.75, 3.05) is 33.8 Å². The quantitative estimate of drug-likeness (QED) is 0.534. The molecule has 1 aromatic rings. The zero-order chi connectivity index (χ0) is 17.2. The van der Waals surface area contributed by atoms with Gasteiger partial charge in [0.1, 0.15) is 11.9 Å². The third-order valence-electron chi connectivity index (χ3n) is 6.17. The first-order valence-corrected chi connectivity index (χ1v) is 9.21. The van der Waals surface area contributed by atoms with Crippen LogP contribution in [-0.2, 0) is 4.74 Å². The average molecular weight is 412 g/mol. The molecular formula is C20H30BrNO3. The SMILES string of the molecule is CC[N+]1(C)CC[C@@H]2CC[C@H](OC(=O)c3ccc(OC)cc3)C[C@H]2C1.[Br-]. The van der Waals surface area contributed by atoms with Crippen molar-refractivity contribution < 1.29 is 35.7 Å². The van der Waals surface area contributed by atoms with E-state index in [4.69, 9.17) is 9.47 Å². The standard InChI is InChI=1S/C20H30NO3.BrH/c1-4-21(2)12-11-15-5-10-19(13-17(15)14-21)24-20(22)16-6-8-18(23-3)9-7-16;/h6-9,15,17,19H,4-5,10-14H2,1-3H3;1H/q+1;/p-1/t15-,17-,19-,21?;/m0./s1. The van der Waals surface area contributed by atoms with Crippen molar-refractivity contribution in [1.82, 2.24) is 0 Å². The molecule has 0 radical (unpaired) electrons. The predicted molar refractivity (Wildman–Crippen MR) is 94.1 cm³/mol. The number of halogens is 1. The lowest BCUT2D eigenvalue weighted by atomic mass is 9.73. The number of quaternary nitrogens is 1. The number of hydrogen-bond acceptors (Lipinski definition) is 3. The summed E-state index contributed by atoms with van der Waals surface area (Å²) in [6.07, 6.45) is 4.65. The van der Waals surface area contributed by atoms with Crippen molar-refractivity contribution >= 4 is 5.97 Å². The van der Waals surface area contributed by atoms with E-state index in [2.05, 4.69) is 14.0 Å². The minimum Gasteiger partial charge on any atom is -1.00 e. The number of hydrogen-bond donors (Lipinski definition) is 0. The lowest BCUT2D eigenvalue weighted by molar-refractivity contribution is -0.917. The number of methoxy groups -OCH3 is 1. The van der Waals surface area contributed by atoms with Crippen LogP contribution in [0.25, 0.3) is 0 Å². The minimum atomic E-state index is -0.204. The van der Waals surface area contributed by atoms with Crippen LogP contribution in [0.2, 0.25) is 0 Å². The van der Waals surface area contributed by atoms with Gasteiger partial charge in [-0.3, -0.25) is 0 Å². The molecule has 1 aliphatic carbocycles. The number of carbonyl (C=O) groups is 1. The molecule has 2 fully saturated rings. The van der Waals surface area contributed by atoms with Crippen molar-refractivity contribution in [3.63, 3.8) is 0 Å². The van der Waals surface area contributed by atoms with Crippen LogP contribution in [0.15, 0.2) is 24.3 Å². The summed E-state index contributed by atoms with van der Waals surface area (Å²) in [6.45, 7) is 6.01.